The highest BCUT2D eigenvalue weighted by atomic mass is 16.5. The van der Waals surface area contributed by atoms with Gasteiger partial charge in [0.05, 0.1) is 11.5 Å². The van der Waals surface area contributed by atoms with Gasteiger partial charge in [-0.05, 0) is 33.6 Å². The molecule has 0 radical (unpaired) electrons. The van der Waals surface area contributed by atoms with Crippen LogP contribution >= 0.6 is 0 Å². The summed E-state index contributed by atoms with van der Waals surface area (Å²) in [7, 11) is 0. The lowest BCUT2D eigenvalue weighted by Crippen LogP contribution is -2.52. The Bertz CT molecular complexity index is 388. The predicted octanol–water partition coefficient (Wildman–Crippen LogP) is 0.881. The Labute approximate surface area is 118 Å². The fraction of sp³-hybridized carbons (Fsp3) is 0.769. The van der Waals surface area contributed by atoms with E-state index in [0.717, 1.165) is 12.8 Å². The van der Waals surface area contributed by atoms with Gasteiger partial charge in [0.25, 0.3) is 0 Å². The Morgan fingerprint density at radius 2 is 1.90 bits per heavy atom. The average Bonchev–Trinajstić information content (AvgIpc) is 2.24. The number of imide groups is 1. The molecule has 3 amide bonds. The summed E-state index contributed by atoms with van der Waals surface area (Å²) in [6, 6.07) is -0.581. The summed E-state index contributed by atoms with van der Waals surface area (Å²) in [5.74, 6) is -1.68. The second kappa shape index (κ2) is 6.69. The smallest absolute Gasteiger partial charge is 0.321 e. The lowest BCUT2D eigenvalue weighted by atomic mass is 9.89. The highest BCUT2D eigenvalue weighted by Gasteiger charge is 2.33. The number of carbonyl (C=O) groups is 3. The molecule has 0 aliphatic heterocycles. The first-order valence-corrected chi connectivity index (χ1v) is 6.70. The molecule has 7 heteroatoms. The number of hydrogen-bond donors (Lipinski definition) is 3. The molecule has 3 N–H and O–H groups in total. The monoisotopic (exact) mass is 286 g/mol. The minimum absolute atomic E-state index is 0.00633. The topological polar surface area (TPSA) is 105 Å². The van der Waals surface area contributed by atoms with E-state index in [9.17, 15) is 14.4 Å². The molecule has 0 spiro atoms. The molecule has 0 bridgehead atoms. The molecule has 0 aromatic carbocycles. The maximum absolute atomic E-state index is 11.6. The van der Waals surface area contributed by atoms with Gasteiger partial charge in [0.1, 0.15) is 0 Å². The van der Waals surface area contributed by atoms with Crippen molar-refractivity contribution in [2.24, 2.45) is 5.41 Å². The van der Waals surface area contributed by atoms with E-state index in [-0.39, 0.29) is 18.6 Å². The SMILES string of the molecule is CCOC1CC(NC(=O)NC(=O)CC(C)(C)C(=O)O)C1. The van der Waals surface area contributed by atoms with Gasteiger partial charge in [-0.25, -0.2) is 4.79 Å². The molecular weight excluding hydrogens is 264 g/mol. The van der Waals surface area contributed by atoms with E-state index in [1.165, 1.54) is 13.8 Å². The standard InChI is InChI=1S/C13H22N2O5/c1-4-20-9-5-8(6-9)14-12(19)15-10(16)7-13(2,3)11(17)18/h8-9H,4-7H2,1-3H3,(H,17,18)(H2,14,15,16,19). The number of hydrogen-bond acceptors (Lipinski definition) is 4. The minimum atomic E-state index is -1.19. The molecule has 0 saturated heterocycles. The van der Waals surface area contributed by atoms with E-state index in [0.29, 0.717) is 6.61 Å². The van der Waals surface area contributed by atoms with Crippen LogP contribution in [0.5, 0.6) is 0 Å². The summed E-state index contributed by atoms with van der Waals surface area (Å²) in [5, 5.41) is 13.7. The zero-order valence-electron chi connectivity index (χ0n) is 12.1. The Morgan fingerprint density at radius 3 is 2.40 bits per heavy atom. The van der Waals surface area contributed by atoms with Gasteiger partial charge in [-0.3, -0.25) is 14.9 Å². The first-order valence-electron chi connectivity index (χ1n) is 6.70. The largest absolute Gasteiger partial charge is 0.481 e. The molecular formula is C13H22N2O5. The van der Waals surface area contributed by atoms with E-state index in [4.69, 9.17) is 9.84 Å². The van der Waals surface area contributed by atoms with Crippen molar-refractivity contribution < 1.29 is 24.2 Å². The molecule has 0 atom stereocenters. The van der Waals surface area contributed by atoms with Crippen LogP contribution in [-0.4, -0.2) is 41.8 Å². The van der Waals surface area contributed by atoms with Crippen molar-refractivity contribution in [3.8, 4) is 0 Å². The van der Waals surface area contributed by atoms with Crippen molar-refractivity contribution in [3.63, 3.8) is 0 Å². The lowest BCUT2D eigenvalue weighted by Gasteiger charge is -2.35. The van der Waals surface area contributed by atoms with Crippen LogP contribution in [0.15, 0.2) is 0 Å². The molecule has 0 aromatic rings. The highest BCUT2D eigenvalue weighted by molar-refractivity contribution is 5.96. The number of rotatable bonds is 6. The summed E-state index contributed by atoms with van der Waals surface area (Å²) < 4.78 is 5.36. The van der Waals surface area contributed by atoms with Crippen LogP contribution in [0, 0.1) is 5.41 Å². The summed E-state index contributed by atoms with van der Waals surface area (Å²) in [5.41, 5.74) is -1.19. The number of nitrogens with one attached hydrogen (secondary N) is 2. The Kier molecular flexibility index (Phi) is 5.50. The summed E-state index contributed by atoms with van der Waals surface area (Å²) in [4.78, 5) is 34.0. The highest BCUT2D eigenvalue weighted by Crippen LogP contribution is 2.23. The van der Waals surface area contributed by atoms with E-state index in [1.807, 2.05) is 6.92 Å². The first kappa shape index (κ1) is 16.4. The van der Waals surface area contributed by atoms with E-state index in [2.05, 4.69) is 10.6 Å². The molecule has 0 unspecified atom stereocenters. The molecule has 20 heavy (non-hydrogen) atoms. The van der Waals surface area contributed by atoms with Crippen molar-refractivity contribution in [3.05, 3.63) is 0 Å². The van der Waals surface area contributed by atoms with Crippen LogP contribution < -0.4 is 10.6 Å². The van der Waals surface area contributed by atoms with Gasteiger partial charge in [-0.15, -0.1) is 0 Å². The number of ether oxygens (including phenoxy) is 1. The van der Waals surface area contributed by atoms with Gasteiger partial charge < -0.3 is 15.2 Å². The Balaban J connectivity index is 2.26. The summed E-state index contributed by atoms with van der Waals surface area (Å²) in [6.07, 6.45) is 1.39. The zero-order chi connectivity index (χ0) is 15.3. The average molecular weight is 286 g/mol. The fourth-order valence-electron chi connectivity index (χ4n) is 1.92. The normalized spacial score (nSPS) is 21.8. The number of amides is 3. The van der Waals surface area contributed by atoms with Crippen LogP contribution in [0.25, 0.3) is 0 Å². The quantitative estimate of drug-likeness (QED) is 0.672. The van der Waals surface area contributed by atoms with Gasteiger partial charge in [-0.2, -0.15) is 0 Å². The van der Waals surface area contributed by atoms with Crippen molar-refractivity contribution in [1.29, 1.82) is 0 Å². The van der Waals surface area contributed by atoms with Crippen molar-refractivity contribution >= 4 is 17.9 Å². The molecule has 1 aliphatic rings. The molecule has 7 nitrogen and oxygen atoms in total. The number of carboxylic acids is 1. The Morgan fingerprint density at radius 1 is 1.30 bits per heavy atom. The predicted molar refractivity (Wildman–Crippen MR) is 71.1 cm³/mol. The molecule has 0 aromatic heterocycles. The van der Waals surface area contributed by atoms with Gasteiger partial charge in [-0.1, -0.05) is 0 Å². The third kappa shape index (κ3) is 4.80. The number of carboxylic acid groups (broad SMARTS) is 1. The minimum Gasteiger partial charge on any atom is -0.481 e. The zero-order valence-corrected chi connectivity index (χ0v) is 12.1. The first-order chi connectivity index (χ1) is 9.24. The fourth-order valence-corrected chi connectivity index (χ4v) is 1.92. The third-order valence-electron chi connectivity index (χ3n) is 3.27. The van der Waals surface area contributed by atoms with Crippen LogP contribution in [0.3, 0.4) is 0 Å². The lowest BCUT2D eigenvalue weighted by molar-refractivity contribution is -0.149. The molecule has 114 valence electrons. The maximum Gasteiger partial charge on any atom is 0.321 e. The van der Waals surface area contributed by atoms with Crippen molar-refractivity contribution in [2.45, 2.75) is 52.2 Å². The van der Waals surface area contributed by atoms with Crippen molar-refractivity contribution in [1.82, 2.24) is 10.6 Å². The second-order valence-corrected chi connectivity index (χ2v) is 5.63. The van der Waals surface area contributed by atoms with Gasteiger partial charge in [0.2, 0.25) is 5.91 Å². The third-order valence-corrected chi connectivity index (χ3v) is 3.27. The summed E-state index contributed by atoms with van der Waals surface area (Å²) in [6.45, 7) is 5.43. The molecule has 1 saturated carbocycles. The van der Waals surface area contributed by atoms with Gasteiger partial charge in [0, 0.05) is 19.1 Å². The van der Waals surface area contributed by atoms with Gasteiger partial charge >= 0.3 is 12.0 Å². The maximum atomic E-state index is 11.6. The second-order valence-electron chi connectivity index (χ2n) is 5.63. The molecule has 0 heterocycles. The Hall–Kier alpha value is -1.63. The number of carbonyl (C=O) groups excluding carboxylic acids is 2. The van der Waals surface area contributed by atoms with E-state index >= 15 is 0 Å². The molecule has 1 aliphatic carbocycles. The van der Waals surface area contributed by atoms with Crippen LogP contribution in [0.4, 0.5) is 4.79 Å². The van der Waals surface area contributed by atoms with E-state index < -0.39 is 23.3 Å². The molecule has 1 fully saturated rings. The van der Waals surface area contributed by atoms with E-state index in [1.54, 1.807) is 0 Å². The summed E-state index contributed by atoms with van der Waals surface area (Å²) >= 11 is 0. The number of aliphatic carboxylic acids is 1. The van der Waals surface area contributed by atoms with Crippen molar-refractivity contribution in [2.75, 3.05) is 6.61 Å². The molecule has 1 rings (SSSR count). The van der Waals surface area contributed by atoms with Crippen LogP contribution in [-0.2, 0) is 14.3 Å². The number of urea groups is 1. The van der Waals surface area contributed by atoms with Crippen LogP contribution in [0.1, 0.15) is 40.0 Å². The van der Waals surface area contributed by atoms with Gasteiger partial charge in [0.15, 0.2) is 0 Å². The van der Waals surface area contributed by atoms with Crippen LogP contribution in [0.2, 0.25) is 0 Å².